The molecule has 0 saturated heterocycles. The van der Waals surface area contributed by atoms with E-state index in [2.05, 4.69) is 5.32 Å². The number of halogens is 2. The Balaban J connectivity index is 1.80. The first kappa shape index (κ1) is 19.9. The van der Waals surface area contributed by atoms with Crippen LogP contribution in [-0.2, 0) is 14.3 Å². The van der Waals surface area contributed by atoms with E-state index in [0.717, 1.165) is 5.56 Å². The molecule has 6 nitrogen and oxygen atoms in total. The van der Waals surface area contributed by atoms with E-state index in [-0.39, 0.29) is 6.61 Å². The quantitative estimate of drug-likeness (QED) is 0.717. The maximum absolute atomic E-state index is 11.9. The van der Waals surface area contributed by atoms with E-state index in [1.807, 2.05) is 6.92 Å². The van der Waals surface area contributed by atoms with Crippen molar-refractivity contribution in [2.45, 2.75) is 6.92 Å². The van der Waals surface area contributed by atoms with Gasteiger partial charge in [-0.15, -0.1) is 0 Å². The summed E-state index contributed by atoms with van der Waals surface area (Å²) < 4.78 is 15.3. The van der Waals surface area contributed by atoms with Crippen molar-refractivity contribution in [2.24, 2.45) is 0 Å². The fraction of sp³-hybridized carbons (Fsp3) is 0.222. The molecule has 0 bridgehead atoms. The van der Waals surface area contributed by atoms with Gasteiger partial charge in [0.15, 0.2) is 13.2 Å². The SMILES string of the molecule is COc1ccc(Cl)cc1NC(=O)COC(=O)COc1ccc(Cl)c(C)c1. The lowest BCUT2D eigenvalue weighted by atomic mass is 10.2. The Morgan fingerprint density at radius 2 is 1.85 bits per heavy atom. The molecule has 2 aromatic carbocycles. The van der Waals surface area contributed by atoms with E-state index >= 15 is 0 Å². The van der Waals surface area contributed by atoms with Gasteiger partial charge in [-0.05, 0) is 48.9 Å². The number of amides is 1. The van der Waals surface area contributed by atoms with Crippen molar-refractivity contribution < 1.29 is 23.8 Å². The van der Waals surface area contributed by atoms with Crippen LogP contribution in [0.5, 0.6) is 11.5 Å². The number of benzene rings is 2. The smallest absolute Gasteiger partial charge is 0.344 e. The largest absolute Gasteiger partial charge is 0.495 e. The van der Waals surface area contributed by atoms with Crippen LogP contribution in [0.3, 0.4) is 0 Å². The monoisotopic (exact) mass is 397 g/mol. The highest BCUT2D eigenvalue weighted by Crippen LogP contribution is 2.27. The Kier molecular flexibility index (Phi) is 7.12. The van der Waals surface area contributed by atoms with Crippen molar-refractivity contribution in [1.82, 2.24) is 0 Å². The van der Waals surface area contributed by atoms with Gasteiger partial charge < -0.3 is 19.5 Å². The van der Waals surface area contributed by atoms with Gasteiger partial charge in [0.1, 0.15) is 11.5 Å². The van der Waals surface area contributed by atoms with Gasteiger partial charge in [-0.2, -0.15) is 0 Å². The Morgan fingerprint density at radius 3 is 2.54 bits per heavy atom. The number of hydrogen-bond donors (Lipinski definition) is 1. The number of nitrogens with one attached hydrogen (secondary N) is 1. The summed E-state index contributed by atoms with van der Waals surface area (Å²) in [7, 11) is 1.47. The molecule has 8 heteroatoms. The van der Waals surface area contributed by atoms with E-state index in [1.165, 1.54) is 13.2 Å². The molecular formula is C18H17Cl2NO5. The third-order valence-electron chi connectivity index (χ3n) is 3.29. The number of methoxy groups -OCH3 is 1. The fourth-order valence-corrected chi connectivity index (χ4v) is 2.29. The summed E-state index contributed by atoms with van der Waals surface area (Å²) in [5, 5.41) is 3.60. The number of carbonyl (C=O) groups is 2. The van der Waals surface area contributed by atoms with Crippen LogP contribution in [0.4, 0.5) is 5.69 Å². The van der Waals surface area contributed by atoms with Crippen molar-refractivity contribution >= 4 is 40.8 Å². The minimum absolute atomic E-state index is 0.325. The van der Waals surface area contributed by atoms with Crippen molar-refractivity contribution in [2.75, 3.05) is 25.6 Å². The van der Waals surface area contributed by atoms with Crippen molar-refractivity contribution in [3.8, 4) is 11.5 Å². The van der Waals surface area contributed by atoms with Gasteiger partial charge in [0.2, 0.25) is 0 Å². The van der Waals surface area contributed by atoms with Crippen LogP contribution in [0, 0.1) is 6.92 Å². The second-order valence-electron chi connectivity index (χ2n) is 5.25. The standard InChI is InChI=1S/C18H17Cl2NO5/c1-11-7-13(4-5-14(11)20)25-10-18(23)26-9-17(22)21-15-8-12(19)3-6-16(15)24-2/h3-8H,9-10H2,1-2H3,(H,21,22). The van der Waals surface area contributed by atoms with Crippen molar-refractivity contribution in [3.63, 3.8) is 0 Å². The van der Waals surface area contributed by atoms with Gasteiger partial charge in [0, 0.05) is 10.0 Å². The third kappa shape index (κ3) is 5.82. The predicted octanol–water partition coefficient (Wildman–Crippen LogP) is 3.87. The molecule has 0 aliphatic carbocycles. The molecule has 0 atom stereocenters. The Bertz CT molecular complexity index is 810. The van der Waals surface area contributed by atoms with Crippen LogP contribution >= 0.6 is 23.2 Å². The zero-order chi connectivity index (χ0) is 19.1. The number of aryl methyl sites for hydroxylation is 1. The van der Waals surface area contributed by atoms with Crippen molar-refractivity contribution in [1.29, 1.82) is 0 Å². The van der Waals surface area contributed by atoms with E-state index in [9.17, 15) is 9.59 Å². The fourth-order valence-electron chi connectivity index (χ4n) is 2.00. The number of esters is 1. The lowest BCUT2D eigenvalue weighted by Gasteiger charge is -2.11. The van der Waals surface area contributed by atoms with Gasteiger partial charge in [-0.1, -0.05) is 23.2 Å². The number of rotatable bonds is 7. The minimum Gasteiger partial charge on any atom is -0.495 e. The van der Waals surface area contributed by atoms with Gasteiger partial charge in [0.25, 0.3) is 5.91 Å². The molecule has 2 aromatic rings. The van der Waals surface area contributed by atoms with Crippen LogP contribution in [0.25, 0.3) is 0 Å². The topological polar surface area (TPSA) is 73.9 Å². The van der Waals surface area contributed by atoms with Crippen LogP contribution in [0.1, 0.15) is 5.56 Å². The lowest BCUT2D eigenvalue weighted by Crippen LogP contribution is -2.23. The Morgan fingerprint density at radius 1 is 1.08 bits per heavy atom. The highest BCUT2D eigenvalue weighted by atomic mass is 35.5. The normalized spacial score (nSPS) is 10.2. The number of hydrogen-bond acceptors (Lipinski definition) is 5. The summed E-state index contributed by atoms with van der Waals surface area (Å²) in [6, 6.07) is 9.79. The van der Waals surface area contributed by atoms with E-state index in [4.69, 9.17) is 37.4 Å². The molecule has 1 amide bonds. The van der Waals surface area contributed by atoms with E-state index in [1.54, 1.807) is 30.3 Å². The van der Waals surface area contributed by atoms with Crippen LogP contribution < -0.4 is 14.8 Å². The average molecular weight is 398 g/mol. The maximum Gasteiger partial charge on any atom is 0.344 e. The molecule has 0 heterocycles. The van der Waals surface area contributed by atoms with Gasteiger partial charge in [0.05, 0.1) is 12.8 Å². The highest BCUT2D eigenvalue weighted by Gasteiger charge is 2.12. The summed E-state index contributed by atoms with van der Waals surface area (Å²) in [6.07, 6.45) is 0. The summed E-state index contributed by atoms with van der Waals surface area (Å²) in [4.78, 5) is 23.6. The van der Waals surface area contributed by atoms with Gasteiger partial charge in [-0.3, -0.25) is 4.79 Å². The molecule has 0 aliphatic rings. The minimum atomic E-state index is -0.675. The zero-order valence-corrected chi connectivity index (χ0v) is 15.7. The molecule has 0 radical (unpaired) electrons. The molecule has 0 aromatic heterocycles. The summed E-state index contributed by atoms with van der Waals surface area (Å²) in [5.74, 6) is -0.278. The number of carbonyl (C=O) groups excluding carboxylic acids is 2. The van der Waals surface area contributed by atoms with Crippen LogP contribution in [0.15, 0.2) is 36.4 Å². The molecule has 138 valence electrons. The molecule has 0 saturated carbocycles. The number of anilines is 1. The first-order valence-corrected chi connectivity index (χ1v) is 8.32. The number of ether oxygens (including phenoxy) is 3. The summed E-state index contributed by atoms with van der Waals surface area (Å²) in [5.41, 5.74) is 1.21. The van der Waals surface area contributed by atoms with Crippen LogP contribution in [0.2, 0.25) is 10.0 Å². The second kappa shape index (κ2) is 9.31. The van der Waals surface area contributed by atoms with Crippen LogP contribution in [-0.4, -0.2) is 32.2 Å². The average Bonchev–Trinajstić information content (AvgIpc) is 2.61. The summed E-state index contributed by atoms with van der Waals surface area (Å²) >= 11 is 11.8. The molecule has 2 rings (SSSR count). The second-order valence-corrected chi connectivity index (χ2v) is 6.10. The molecule has 0 spiro atoms. The zero-order valence-electron chi connectivity index (χ0n) is 14.2. The Hall–Kier alpha value is -2.44. The Labute approximate surface area is 160 Å². The first-order chi connectivity index (χ1) is 12.4. The molecule has 26 heavy (non-hydrogen) atoms. The summed E-state index contributed by atoms with van der Waals surface area (Å²) in [6.45, 7) is 1.04. The lowest BCUT2D eigenvalue weighted by molar-refractivity contribution is -0.149. The molecule has 0 aliphatic heterocycles. The maximum atomic E-state index is 11.9. The highest BCUT2D eigenvalue weighted by molar-refractivity contribution is 6.31. The molecular weight excluding hydrogens is 381 g/mol. The van der Waals surface area contributed by atoms with E-state index < -0.39 is 18.5 Å². The van der Waals surface area contributed by atoms with E-state index in [0.29, 0.717) is 27.2 Å². The third-order valence-corrected chi connectivity index (χ3v) is 3.95. The molecule has 0 fully saturated rings. The molecule has 0 unspecified atom stereocenters. The van der Waals surface area contributed by atoms with Gasteiger partial charge in [-0.25, -0.2) is 4.79 Å². The van der Waals surface area contributed by atoms with Gasteiger partial charge >= 0.3 is 5.97 Å². The predicted molar refractivity (Wildman–Crippen MR) is 99.3 cm³/mol. The van der Waals surface area contributed by atoms with Crippen molar-refractivity contribution in [3.05, 3.63) is 52.0 Å². The molecule has 1 N–H and O–H groups in total. The first-order valence-electron chi connectivity index (χ1n) is 7.57.